The van der Waals surface area contributed by atoms with Gasteiger partial charge in [0.05, 0.1) is 12.2 Å². The molecule has 0 N–H and O–H groups in total. The fourth-order valence-corrected chi connectivity index (χ4v) is 3.27. The van der Waals surface area contributed by atoms with Gasteiger partial charge in [0.1, 0.15) is 5.82 Å². The molecule has 0 unspecified atom stereocenters. The Morgan fingerprint density at radius 1 is 0.606 bits per heavy atom. The normalized spacial score (nSPS) is 10.3. The number of halogens is 3. The van der Waals surface area contributed by atoms with E-state index in [1.807, 2.05) is 24.3 Å². The third-order valence-electron chi connectivity index (χ3n) is 5.09. The summed E-state index contributed by atoms with van der Waals surface area (Å²) in [4.78, 5) is 0. The van der Waals surface area contributed by atoms with Crippen LogP contribution in [0.15, 0.2) is 72.8 Å². The van der Waals surface area contributed by atoms with Crippen molar-refractivity contribution in [1.29, 1.82) is 0 Å². The predicted molar refractivity (Wildman–Crippen MR) is 124 cm³/mol. The highest BCUT2D eigenvalue weighted by Gasteiger charge is 2.04. The van der Waals surface area contributed by atoms with Gasteiger partial charge < -0.3 is 4.74 Å². The average Bonchev–Trinajstić information content (AvgIpc) is 2.82. The van der Waals surface area contributed by atoms with E-state index in [4.69, 9.17) is 4.74 Å². The Bertz CT molecular complexity index is 1430. The molecule has 0 heterocycles. The summed E-state index contributed by atoms with van der Waals surface area (Å²) in [6.45, 7) is 0.666. The molecule has 0 aromatic heterocycles. The Kier molecular flexibility index (Phi) is 6.79. The molecule has 0 aliphatic carbocycles. The van der Waals surface area contributed by atoms with Crippen molar-refractivity contribution in [1.82, 2.24) is 0 Å². The van der Waals surface area contributed by atoms with Crippen LogP contribution in [0.25, 0.3) is 10.8 Å². The summed E-state index contributed by atoms with van der Waals surface area (Å²) >= 11 is 0. The van der Waals surface area contributed by atoms with Gasteiger partial charge in [-0.05, 0) is 77.4 Å². The zero-order chi connectivity index (χ0) is 23.2. The van der Waals surface area contributed by atoms with Crippen LogP contribution >= 0.6 is 0 Å². The Labute approximate surface area is 190 Å². The fourth-order valence-electron chi connectivity index (χ4n) is 3.27. The Balaban J connectivity index is 1.50. The largest absolute Gasteiger partial charge is 0.384 e. The van der Waals surface area contributed by atoms with E-state index in [9.17, 15) is 13.2 Å². The Hall–Kier alpha value is -3.99. The van der Waals surface area contributed by atoms with E-state index in [-0.39, 0.29) is 5.56 Å². The van der Waals surface area contributed by atoms with Crippen molar-refractivity contribution < 1.29 is 17.9 Å². The Morgan fingerprint density at radius 3 is 1.94 bits per heavy atom. The van der Waals surface area contributed by atoms with Crippen LogP contribution in [-0.2, 0) is 11.2 Å². The molecular weight excluding hydrogens is 421 g/mol. The van der Waals surface area contributed by atoms with Gasteiger partial charge in [0.25, 0.3) is 0 Å². The molecule has 0 amide bonds. The molecule has 0 saturated heterocycles. The molecule has 4 aromatic rings. The lowest BCUT2D eigenvalue weighted by Crippen LogP contribution is -1.93. The molecule has 1 nitrogen and oxygen atoms in total. The molecule has 0 spiro atoms. The summed E-state index contributed by atoms with van der Waals surface area (Å²) < 4.78 is 46.4. The summed E-state index contributed by atoms with van der Waals surface area (Å²) in [5.74, 6) is 9.38. The lowest BCUT2D eigenvalue weighted by atomic mass is 10.1. The number of hydrogen-bond acceptors (Lipinski definition) is 1. The van der Waals surface area contributed by atoms with Crippen LogP contribution < -0.4 is 0 Å². The van der Waals surface area contributed by atoms with E-state index in [1.54, 1.807) is 37.4 Å². The molecule has 4 aromatic carbocycles. The van der Waals surface area contributed by atoms with Crippen molar-refractivity contribution >= 4 is 10.8 Å². The van der Waals surface area contributed by atoms with Crippen LogP contribution in [0.1, 0.15) is 27.8 Å². The summed E-state index contributed by atoms with van der Waals surface area (Å²) in [6.07, 6.45) is 0.840. The molecular formula is C29H19F3O. The van der Waals surface area contributed by atoms with Crippen molar-refractivity contribution in [2.45, 2.75) is 6.42 Å². The number of ether oxygens (including phenoxy) is 1. The third-order valence-corrected chi connectivity index (χ3v) is 5.09. The second-order valence-electron chi connectivity index (χ2n) is 7.46. The van der Waals surface area contributed by atoms with Gasteiger partial charge in [-0.3, -0.25) is 0 Å². The Morgan fingerprint density at radius 2 is 1.21 bits per heavy atom. The molecule has 162 valence electrons. The molecule has 33 heavy (non-hydrogen) atoms. The maximum Gasteiger partial charge on any atom is 0.159 e. The summed E-state index contributed by atoms with van der Waals surface area (Å²) in [6, 6.07) is 19.7. The van der Waals surface area contributed by atoms with E-state index in [0.29, 0.717) is 28.5 Å². The minimum atomic E-state index is -0.919. The smallest absolute Gasteiger partial charge is 0.159 e. The zero-order valence-electron chi connectivity index (χ0n) is 17.9. The molecule has 4 heteroatoms. The minimum absolute atomic E-state index is 0.230. The van der Waals surface area contributed by atoms with Crippen molar-refractivity contribution in [3.63, 3.8) is 0 Å². The number of benzene rings is 4. The van der Waals surface area contributed by atoms with Crippen molar-refractivity contribution in [2.75, 3.05) is 13.7 Å². The molecule has 0 aliphatic heterocycles. The van der Waals surface area contributed by atoms with Crippen molar-refractivity contribution in [3.05, 3.63) is 118 Å². The summed E-state index contributed by atoms with van der Waals surface area (Å²) in [5, 5.41) is 1.09. The van der Waals surface area contributed by atoms with E-state index < -0.39 is 17.5 Å². The SMILES string of the molecule is COCCc1ccc(C#Cc2ccc(C#Cc3ccc4cc(F)c(F)cc4c3)c(F)c2)cc1. The van der Waals surface area contributed by atoms with Crippen molar-refractivity contribution in [3.8, 4) is 23.7 Å². The first-order valence-corrected chi connectivity index (χ1v) is 10.3. The van der Waals surface area contributed by atoms with Gasteiger partial charge in [0, 0.05) is 23.8 Å². The van der Waals surface area contributed by atoms with Gasteiger partial charge in [0.15, 0.2) is 11.6 Å². The van der Waals surface area contributed by atoms with Crippen LogP contribution in [0.4, 0.5) is 13.2 Å². The van der Waals surface area contributed by atoms with Gasteiger partial charge in [-0.25, -0.2) is 13.2 Å². The molecule has 0 bridgehead atoms. The number of fused-ring (bicyclic) bond motifs is 1. The van der Waals surface area contributed by atoms with Crippen LogP contribution in [0, 0.1) is 41.1 Å². The molecule has 4 rings (SSSR count). The first-order chi connectivity index (χ1) is 16.0. The first-order valence-electron chi connectivity index (χ1n) is 10.3. The van der Waals surface area contributed by atoms with Gasteiger partial charge >= 0.3 is 0 Å². The van der Waals surface area contributed by atoms with Crippen LogP contribution in [0.2, 0.25) is 0 Å². The predicted octanol–water partition coefficient (Wildman–Crippen LogP) is 6.25. The summed E-state index contributed by atoms with van der Waals surface area (Å²) in [7, 11) is 1.67. The van der Waals surface area contributed by atoms with Gasteiger partial charge in [-0.2, -0.15) is 0 Å². The monoisotopic (exact) mass is 440 g/mol. The molecule has 0 saturated carbocycles. The second kappa shape index (κ2) is 10.1. The van der Waals surface area contributed by atoms with Gasteiger partial charge in [-0.1, -0.05) is 41.9 Å². The van der Waals surface area contributed by atoms with E-state index in [2.05, 4.69) is 23.7 Å². The van der Waals surface area contributed by atoms with Crippen LogP contribution in [0.3, 0.4) is 0 Å². The first kappa shape index (κ1) is 22.2. The second-order valence-corrected chi connectivity index (χ2v) is 7.46. The number of hydrogen-bond donors (Lipinski definition) is 0. The molecule has 0 aliphatic rings. The van der Waals surface area contributed by atoms with Crippen molar-refractivity contribution in [2.24, 2.45) is 0 Å². The highest BCUT2D eigenvalue weighted by Crippen LogP contribution is 2.20. The third kappa shape index (κ3) is 5.63. The topological polar surface area (TPSA) is 9.23 Å². The highest BCUT2D eigenvalue weighted by molar-refractivity contribution is 5.84. The maximum absolute atomic E-state index is 14.5. The number of methoxy groups -OCH3 is 1. The standard InChI is InChI=1S/C29H19F3O/c1-33-15-14-21-4-2-20(3-5-21)6-7-23-9-12-24(27(30)17-23)11-8-22-10-13-25-18-28(31)29(32)19-26(25)16-22/h2-5,9-10,12-13,16-19H,14-15H2,1H3. The van der Waals surface area contributed by atoms with Gasteiger partial charge in [-0.15, -0.1) is 0 Å². The minimum Gasteiger partial charge on any atom is -0.384 e. The summed E-state index contributed by atoms with van der Waals surface area (Å²) in [5.41, 5.74) is 3.36. The highest BCUT2D eigenvalue weighted by atomic mass is 19.2. The molecule has 0 radical (unpaired) electrons. The molecule has 0 atom stereocenters. The van der Waals surface area contributed by atoms with Crippen LogP contribution in [0.5, 0.6) is 0 Å². The lowest BCUT2D eigenvalue weighted by molar-refractivity contribution is 0.202. The van der Waals surface area contributed by atoms with Gasteiger partial charge in [0.2, 0.25) is 0 Å². The molecule has 0 fully saturated rings. The fraction of sp³-hybridized carbons (Fsp3) is 0.103. The quantitative estimate of drug-likeness (QED) is 0.343. The average molecular weight is 440 g/mol. The zero-order valence-corrected chi connectivity index (χ0v) is 17.9. The van der Waals surface area contributed by atoms with E-state index in [1.165, 1.54) is 11.6 Å². The van der Waals surface area contributed by atoms with Crippen LogP contribution in [-0.4, -0.2) is 13.7 Å². The lowest BCUT2D eigenvalue weighted by Gasteiger charge is -2.00. The number of rotatable bonds is 3. The van der Waals surface area contributed by atoms with E-state index in [0.717, 1.165) is 24.1 Å². The maximum atomic E-state index is 14.5. The van der Waals surface area contributed by atoms with E-state index >= 15 is 0 Å².